The molecule has 1 aliphatic heterocycles. The van der Waals surface area contributed by atoms with E-state index in [-0.39, 0.29) is 29.8 Å². The molecule has 0 radical (unpaired) electrons. The summed E-state index contributed by atoms with van der Waals surface area (Å²) >= 11 is 0. The fourth-order valence-electron chi connectivity index (χ4n) is 3.09. The minimum atomic E-state index is 0.0745. The van der Waals surface area contributed by atoms with E-state index in [1.165, 1.54) is 0 Å². The predicted molar refractivity (Wildman–Crippen MR) is 72.1 cm³/mol. The highest BCUT2D eigenvalue weighted by Crippen LogP contribution is 2.32. The number of hydrogen-bond donors (Lipinski definition) is 0. The van der Waals surface area contributed by atoms with E-state index in [1.807, 2.05) is 19.0 Å². The summed E-state index contributed by atoms with van der Waals surface area (Å²) in [6.45, 7) is 5.82. The Balaban J connectivity index is 2.88. The van der Waals surface area contributed by atoms with Crippen LogP contribution >= 0.6 is 0 Å². The van der Waals surface area contributed by atoms with E-state index in [9.17, 15) is 9.59 Å². The maximum Gasteiger partial charge on any atom is 0.225 e. The first-order valence-electron chi connectivity index (χ1n) is 6.92. The van der Waals surface area contributed by atoms with Crippen LogP contribution in [0.5, 0.6) is 0 Å². The van der Waals surface area contributed by atoms with Gasteiger partial charge in [0, 0.05) is 39.0 Å². The van der Waals surface area contributed by atoms with Crippen LogP contribution < -0.4 is 0 Å². The molecule has 0 saturated carbocycles. The van der Waals surface area contributed by atoms with Gasteiger partial charge in [0.1, 0.15) is 0 Å². The van der Waals surface area contributed by atoms with Crippen molar-refractivity contribution in [3.63, 3.8) is 0 Å². The second-order valence-corrected chi connectivity index (χ2v) is 5.45. The second-order valence-electron chi connectivity index (χ2n) is 5.45. The van der Waals surface area contributed by atoms with Crippen molar-refractivity contribution in [2.75, 3.05) is 14.1 Å². The number of rotatable bonds is 3. The SMILES string of the molecule is CCC1CC(C(=O)N(C)C)CC(CC)N1C(C)=O. The molecule has 4 heteroatoms. The van der Waals surface area contributed by atoms with E-state index in [0.29, 0.717) is 0 Å². The lowest BCUT2D eigenvalue weighted by molar-refractivity contribution is -0.144. The van der Waals surface area contributed by atoms with Gasteiger partial charge in [-0.15, -0.1) is 0 Å². The summed E-state index contributed by atoms with van der Waals surface area (Å²) in [7, 11) is 3.61. The maximum atomic E-state index is 12.1. The van der Waals surface area contributed by atoms with E-state index >= 15 is 0 Å². The topological polar surface area (TPSA) is 40.6 Å². The summed E-state index contributed by atoms with van der Waals surface area (Å²) in [5, 5.41) is 0. The monoisotopic (exact) mass is 254 g/mol. The lowest BCUT2D eigenvalue weighted by Gasteiger charge is -2.44. The van der Waals surface area contributed by atoms with Gasteiger partial charge in [0.15, 0.2) is 0 Å². The lowest BCUT2D eigenvalue weighted by Crippen LogP contribution is -2.53. The predicted octanol–water partition coefficient (Wildman–Crippen LogP) is 1.89. The van der Waals surface area contributed by atoms with Crippen LogP contribution in [0.2, 0.25) is 0 Å². The van der Waals surface area contributed by atoms with Crippen molar-refractivity contribution >= 4 is 11.8 Å². The summed E-state index contributed by atoms with van der Waals surface area (Å²) in [5.41, 5.74) is 0. The number of likely N-dealkylation sites (tertiary alicyclic amines) is 1. The first kappa shape index (κ1) is 15.0. The van der Waals surface area contributed by atoms with Crippen molar-refractivity contribution in [1.82, 2.24) is 9.80 Å². The van der Waals surface area contributed by atoms with E-state index in [0.717, 1.165) is 25.7 Å². The van der Waals surface area contributed by atoms with Gasteiger partial charge in [0.2, 0.25) is 11.8 Å². The highest BCUT2D eigenvalue weighted by Gasteiger charge is 2.38. The quantitative estimate of drug-likeness (QED) is 0.771. The normalized spacial score (nSPS) is 28.1. The Labute approximate surface area is 110 Å². The number of amides is 2. The van der Waals surface area contributed by atoms with E-state index in [1.54, 1.807) is 11.8 Å². The van der Waals surface area contributed by atoms with Crippen molar-refractivity contribution in [3.05, 3.63) is 0 Å². The molecule has 2 unspecified atom stereocenters. The van der Waals surface area contributed by atoms with Gasteiger partial charge < -0.3 is 9.80 Å². The smallest absolute Gasteiger partial charge is 0.225 e. The minimum absolute atomic E-state index is 0.0745. The Morgan fingerprint density at radius 2 is 1.56 bits per heavy atom. The molecule has 1 aliphatic rings. The third-order valence-electron chi connectivity index (χ3n) is 4.00. The van der Waals surface area contributed by atoms with Crippen molar-refractivity contribution in [2.45, 2.75) is 58.5 Å². The third kappa shape index (κ3) is 3.03. The summed E-state index contributed by atoms with van der Waals surface area (Å²) in [6.07, 6.45) is 3.47. The Bertz CT molecular complexity index is 301. The molecule has 1 rings (SSSR count). The largest absolute Gasteiger partial charge is 0.349 e. The van der Waals surface area contributed by atoms with Gasteiger partial charge in [0.25, 0.3) is 0 Å². The van der Waals surface area contributed by atoms with Crippen LogP contribution in [-0.4, -0.2) is 47.8 Å². The highest BCUT2D eigenvalue weighted by atomic mass is 16.2. The molecule has 1 saturated heterocycles. The van der Waals surface area contributed by atoms with Crippen molar-refractivity contribution in [3.8, 4) is 0 Å². The average molecular weight is 254 g/mol. The minimum Gasteiger partial charge on any atom is -0.349 e. The fraction of sp³-hybridized carbons (Fsp3) is 0.857. The van der Waals surface area contributed by atoms with Crippen molar-refractivity contribution < 1.29 is 9.59 Å². The summed E-state index contributed by atoms with van der Waals surface area (Å²) in [5.74, 6) is 0.421. The molecule has 18 heavy (non-hydrogen) atoms. The van der Waals surface area contributed by atoms with Gasteiger partial charge in [-0.3, -0.25) is 9.59 Å². The fourth-order valence-corrected chi connectivity index (χ4v) is 3.09. The summed E-state index contributed by atoms with van der Waals surface area (Å²) in [6, 6.07) is 0.435. The van der Waals surface area contributed by atoms with E-state index in [4.69, 9.17) is 0 Å². The van der Waals surface area contributed by atoms with Crippen LogP contribution in [0.4, 0.5) is 0 Å². The molecule has 2 atom stereocenters. The van der Waals surface area contributed by atoms with Crippen LogP contribution in [0, 0.1) is 5.92 Å². The molecule has 104 valence electrons. The Kier molecular flexibility index (Phi) is 5.17. The van der Waals surface area contributed by atoms with Crippen LogP contribution in [-0.2, 0) is 9.59 Å². The zero-order valence-corrected chi connectivity index (χ0v) is 12.3. The Hall–Kier alpha value is -1.06. The molecule has 4 nitrogen and oxygen atoms in total. The molecule has 0 aromatic heterocycles. The first-order valence-corrected chi connectivity index (χ1v) is 6.92. The van der Waals surface area contributed by atoms with Crippen LogP contribution in [0.1, 0.15) is 46.5 Å². The van der Waals surface area contributed by atoms with Crippen LogP contribution in [0.15, 0.2) is 0 Å². The van der Waals surface area contributed by atoms with E-state index < -0.39 is 0 Å². The average Bonchev–Trinajstić information content (AvgIpc) is 2.35. The lowest BCUT2D eigenvalue weighted by atomic mass is 9.83. The second kappa shape index (κ2) is 6.21. The van der Waals surface area contributed by atoms with Crippen LogP contribution in [0.3, 0.4) is 0 Å². The molecule has 0 aromatic carbocycles. The number of piperidine rings is 1. The van der Waals surface area contributed by atoms with Crippen molar-refractivity contribution in [1.29, 1.82) is 0 Å². The standard InChI is InChI=1S/C14H26N2O2/c1-6-12-8-11(14(18)15(4)5)9-13(7-2)16(12)10(3)17/h11-13H,6-9H2,1-5H3. The number of nitrogens with zero attached hydrogens (tertiary/aromatic N) is 2. The summed E-state index contributed by atoms with van der Waals surface area (Å²) < 4.78 is 0. The van der Waals surface area contributed by atoms with Gasteiger partial charge in [-0.05, 0) is 25.7 Å². The zero-order chi connectivity index (χ0) is 13.9. The molecule has 0 aromatic rings. The highest BCUT2D eigenvalue weighted by molar-refractivity contribution is 5.79. The van der Waals surface area contributed by atoms with Gasteiger partial charge in [-0.25, -0.2) is 0 Å². The molecule has 1 fully saturated rings. The molecule has 0 N–H and O–H groups in total. The van der Waals surface area contributed by atoms with Gasteiger partial charge in [0.05, 0.1) is 0 Å². The Morgan fingerprint density at radius 1 is 1.11 bits per heavy atom. The molecule has 0 spiro atoms. The number of carbonyl (C=O) groups excluding carboxylic acids is 2. The number of carbonyl (C=O) groups is 2. The molecule has 2 amide bonds. The van der Waals surface area contributed by atoms with Crippen molar-refractivity contribution in [2.24, 2.45) is 5.92 Å². The zero-order valence-electron chi connectivity index (χ0n) is 12.3. The third-order valence-corrected chi connectivity index (χ3v) is 4.00. The van der Waals surface area contributed by atoms with Crippen LogP contribution in [0.25, 0.3) is 0 Å². The van der Waals surface area contributed by atoms with Gasteiger partial charge in [-0.1, -0.05) is 13.8 Å². The maximum absolute atomic E-state index is 12.1. The molecular formula is C14H26N2O2. The summed E-state index contributed by atoms with van der Waals surface area (Å²) in [4.78, 5) is 27.6. The molecule has 1 heterocycles. The Morgan fingerprint density at radius 3 is 1.83 bits per heavy atom. The molecule has 0 bridgehead atoms. The van der Waals surface area contributed by atoms with Gasteiger partial charge in [-0.2, -0.15) is 0 Å². The molecule has 0 aliphatic carbocycles. The first-order chi connectivity index (χ1) is 8.42. The van der Waals surface area contributed by atoms with Gasteiger partial charge >= 0.3 is 0 Å². The van der Waals surface area contributed by atoms with E-state index in [2.05, 4.69) is 13.8 Å². The number of hydrogen-bond acceptors (Lipinski definition) is 2. The molecular weight excluding hydrogens is 228 g/mol.